The van der Waals surface area contributed by atoms with Crippen LogP contribution < -0.4 is 10.1 Å². The van der Waals surface area contributed by atoms with Gasteiger partial charge in [-0.1, -0.05) is 48.0 Å². The zero-order valence-corrected chi connectivity index (χ0v) is 22.5. The fourth-order valence-corrected chi connectivity index (χ4v) is 5.29. The van der Waals surface area contributed by atoms with Crippen molar-refractivity contribution in [2.45, 2.75) is 38.1 Å². The molecule has 0 saturated heterocycles. The van der Waals surface area contributed by atoms with Crippen LogP contribution in [0.25, 0.3) is 0 Å². The number of esters is 1. The molecule has 12 heteroatoms. The standard InChI is InChI=1S/C23H24Cl2N4O4S2/c1-5-9-29-20(13(3)33-18-8-7-14(24)10-17(18)25)27-28-23(29)34-12-19(30)26-21-16(22(31)32-4)11-15(6-2)35-21/h5,7-8,10-11,13H,1,6,9,12H2,2-4H3,(H,26,30). The lowest BCUT2D eigenvalue weighted by Gasteiger charge is -2.16. The third-order valence-corrected chi connectivity index (χ3v) is 7.43. The molecule has 0 fully saturated rings. The molecule has 186 valence electrons. The van der Waals surface area contributed by atoms with E-state index >= 15 is 0 Å². The SMILES string of the molecule is C=CCn1c(SCC(=O)Nc2sc(CC)cc2C(=O)OC)nnc1C(C)Oc1ccc(Cl)cc1Cl. The van der Waals surface area contributed by atoms with Crippen LogP contribution in [0, 0.1) is 0 Å². The summed E-state index contributed by atoms with van der Waals surface area (Å²) in [7, 11) is 1.31. The number of thiophene rings is 1. The Kier molecular flexibility index (Phi) is 9.62. The largest absolute Gasteiger partial charge is 0.481 e. The number of thioether (sulfide) groups is 1. The molecule has 8 nitrogen and oxygen atoms in total. The number of nitrogens with one attached hydrogen (secondary N) is 1. The summed E-state index contributed by atoms with van der Waals surface area (Å²) < 4.78 is 12.6. The van der Waals surface area contributed by atoms with Gasteiger partial charge in [0.1, 0.15) is 10.8 Å². The Morgan fingerprint density at radius 2 is 2.09 bits per heavy atom. The quantitative estimate of drug-likeness (QED) is 0.175. The molecule has 1 N–H and O–H groups in total. The van der Waals surface area contributed by atoms with E-state index in [-0.39, 0.29) is 11.7 Å². The Balaban J connectivity index is 1.71. The molecular weight excluding hydrogens is 531 g/mol. The maximum atomic E-state index is 12.7. The number of rotatable bonds is 11. The molecule has 1 aromatic carbocycles. The van der Waals surface area contributed by atoms with Crippen LogP contribution in [0.3, 0.4) is 0 Å². The van der Waals surface area contributed by atoms with E-state index in [1.165, 1.54) is 30.2 Å². The Morgan fingerprint density at radius 3 is 2.74 bits per heavy atom. The number of methoxy groups -OCH3 is 1. The van der Waals surface area contributed by atoms with E-state index in [0.29, 0.717) is 43.9 Å². The highest BCUT2D eigenvalue weighted by Gasteiger charge is 2.22. The van der Waals surface area contributed by atoms with Gasteiger partial charge >= 0.3 is 5.97 Å². The number of aryl methyl sites for hydroxylation is 1. The molecule has 1 amide bonds. The average molecular weight is 556 g/mol. The van der Waals surface area contributed by atoms with Gasteiger partial charge in [-0.25, -0.2) is 4.79 Å². The highest BCUT2D eigenvalue weighted by molar-refractivity contribution is 7.99. The number of benzene rings is 1. The number of allylic oxidation sites excluding steroid dienone is 1. The monoisotopic (exact) mass is 554 g/mol. The van der Waals surface area contributed by atoms with E-state index in [1.807, 2.05) is 18.4 Å². The van der Waals surface area contributed by atoms with Gasteiger partial charge in [0.15, 0.2) is 17.1 Å². The van der Waals surface area contributed by atoms with Crippen LogP contribution in [-0.2, 0) is 22.5 Å². The first-order chi connectivity index (χ1) is 16.8. The van der Waals surface area contributed by atoms with Crippen molar-refractivity contribution in [1.82, 2.24) is 14.8 Å². The van der Waals surface area contributed by atoms with Gasteiger partial charge in [-0.15, -0.1) is 28.1 Å². The van der Waals surface area contributed by atoms with Crippen molar-refractivity contribution in [3.63, 3.8) is 0 Å². The number of carbonyl (C=O) groups excluding carboxylic acids is 2. The fourth-order valence-electron chi connectivity index (χ4n) is 3.09. The van der Waals surface area contributed by atoms with Crippen LogP contribution in [0.4, 0.5) is 5.00 Å². The summed E-state index contributed by atoms with van der Waals surface area (Å²) in [4.78, 5) is 25.7. The smallest absolute Gasteiger partial charge is 0.340 e. The van der Waals surface area contributed by atoms with Gasteiger partial charge in [0.05, 0.1) is 23.4 Å². The number of hydrogen-bond donors (Lipinski definition) is 1. The van der Waals surface area contributed by atoms with Crippen molar-refractivity contribution >= 4 is 63.2 Å². The van der Waals surface area contributed by atoms with Gasteiger partial charge in [0.2, 0.25) is 5.91 Å². The minimum atomic E-state index is -0.492. The molecule has 3 rings (SSSR count). The van der Waals surface area contributed by atoms with Gasteiger partial charge in [-0.05, 0) is 37.6 Å². The molecule has 0 bridgehead atoms. The maximum absolute atomic E-state index is 12.7. The predicted octanol–water partition coefficient (Wildman–Crippen LogP) is 6.05. The highest BCUT2D eigenvalue weighted by atomic mass is 35.5. The molecule has 0 saturated carbocycles. The molecular formula is C23H24Cl2N4O4S2. The van der Waals surface area contributed by atoms with Crippen LogP contribution in [-0.4, -0.2) is 39.5 Å². The highest BCUT2D eigenvalue weighted by Crippen LogP contribution is 2.32. The van der Waals surface area contributed by atoms with Crippen molar-refractivity contribution in [1.29, 1.82) is 0 Å². The number of nitrogens with zero attached hydrogens (tertiary/aromatic N) is 3. The topological polar surface area (TPSA) is 95.3 Å². The number of aromatic nitrogens is 3. The third-order valence-electron chi connectivity index (χ3n) is 4.74. The van der Waals surface area contributed by atoms with Crippen LogP contribution >= 0.6 is 46.3 Å². The summed E-state index contributed by atoms with van der Waals surface area (Å²) in [5, 5.41) is 13.2. The van der Waals surface area contributed by atoms with Crippen molar-refractivity contribution in [3.05, 3.63) is 63.2 Å². The number of halogens is 2. The maximum Gasteiger partial charge on any atom is 0.340 e. The molecule has 0 aliphatic heterocycles. The first-order valence-electron chi connectivity index (χ1n) is 10.6. The van der Waals surface area contributed by atoms with Gasteiger partial charge in [0, 0.05) is 16.4 Å². The second-order valence-corrected chi connectivity index (χ2v) is 10.1. The van der Waals surface area contributed by atoms with E-state index in [1.54, 1.807) is 30.3 Å². The Hall–Kier alpha value is -2.53. The van der Waals surface area contributed by atoms with Crippen molar-refractivity contribution < 1.29 is 19.1 Å². The first-order valence-corrected chi connectivity index (χ1v) is 13.1. The lowest BCUT2D eigenvalue weighted by atomic mass is 10.2. The number of amides is 1. The molecule has 0 spiro atoms. The zero-order valence-electron chi connectivity index (χ0n) is 19.3. The number of ether oxygens (including phenoxy) is 2. The van der Waals surface area contributed by atoms with Crippen molar-refractivity contribution in [2.75, 3.05) is 18.2 Å². The summed E-state index contributed by atoms with van der Waals surface area (Å²) in [6.07, 6.45) is 1.97. The Bertz CT molecular complexity index is 1230. The second-order valence-electron chi connectivity index (χ2n) is 7.21. The lowest BCUT2D eigenvalue weighted by molar-refractivity contribution is -0.113. The van der Waals surface area contributed by atoms with E-state index in [0.717, 1.165) is 11.3 Å². The van der Waals surface area contributed by atoms with Crippen LogP contribution in [0.1, 0.15) is 41.0 Å². The summed E-state index contributed by atoms with van der Waals surface area (Å²) in [6, 6.07) is 6.71. The van der Waals surface area contributed by atoms with Gasteiger partial charge in [-0.2, -0.15) is 0 Å². The summed E-state index contributed by atoms with van der Waals surface area (Å²) in [6.45, 7) is 8.02. The van der Waals surface area contributed by atoms with E-state index in [4.69, 9.17) is 32.7 Å². The van der Waals surface area contributed by atoms with Crippen LogP contribution in [0.2, 0.25) is 10.0 Å². The van der Waals surface area contributed by atoms with Crippen molar-refractivity contribution in [2.24, 2.45) is 0 Å². The Morgan fingerprint density at radius 1 is 1.31 bits per heavy atom. The third kappa shape index (κ3) is 6.78. The van der Waals surface area contributed by atoms with E-state index in [2.05, 4.69) is 22.1 Å². The van der Waals surface area contributed by atoms with Gasteiger partial charge in [0.25, 0.3) is 0 Å². The second kappa shape index (κ2) is 12.4. The molecule has 0 aliphatic rings. The summed E-state index contributed by atoms with van der Waals surface area (Å²) in [5.41, 5.74) is 0.344. The molecule has 2 heterocycles. The van der Waals surface area contributed by atoms with Crippen molar-refractivity contribution in [3.8, 4) is 5.75 Å². The molecule has 2 aromatic heterocycles. The minimum Gasteiger partial charge on any atom is -0.481 e. The summed E-state index contributed by atoms with van der Waals surface area (Å²) >= 11 is 14.7. The molecule has 1 unspecified atom stereocenters. The minimum absolute atomic E-state index is 0.0630. The van der Waals surface area contributed by atoms with Crippen LogP contribution in [0.15, 0.2) is 42.1 Å². The Labute approximate surface area is 221 Å². The molecule has 0 radical (unpaired) electrons. The summed E-state index contributed by atoms with van der Waals surface area (Å²) in [5.74, 6) is 0.311. The molecule has 1 atom stereocenters. The average Bonchev–Trinajstić information content (AvgIpc) is 3.43. The van der Waals surface area contributed by atoms with Crippen LogP contribution in [0.5, 0.6) is 5.75 Å². The lowest BCUT2D eigenvalue weighted by Crippen LogP contribution is -2.16. The number of carbonyl (C=O) groups is 2. The molecule has 0 aliphatic carbocycles. The van der Waals surface area contributed by atoms with E-state index < -0.39 is 12.1 Å². The molecule has 3 aromatic rings. The number of hydrogen-bond acceptors (Lipinski definition) is 8. The predicted molar refractivity (Wildman–Crippen MR) is 140 cm³/mol. The fraction of sp³-hybridized carbons (Fsp3) is 0.304. The molecule has 35 heavy (non-hydrogen) atoms. The van der Waals surface area contributed by atoms with Gasteiger partial charge in [-0.3, -0.25) is 9.36 Å². The first kappa shape index (κ1) is 27.1. The normalized spacial score (nSPS) is 11.7. The zero-order chi connectivity index (χ0) is 25.5. The van der Waals surface area contributed by atoms with E-state index in [9.17, 15) is 9.59 Å². The van der Waals surface area contributed by atoms with Gasteiger partial charge < -0.3 is 14.8 Å². The number of anilines is 1.